The van der Waals surface area contributed by atoms with Crippen molar-refractivity contribution in [3.05, 3.63) is 86.8 Å². The Morgan fingerprint density at radius 1 is 1.19 bits per heavy atom. The Labute approximate surface area is 223 Å². The Morgan fingerprint density at radius 3 is 2.72 bits per heavy atom. The molecule has 1 amide bonds. The number of halogens is 1. The maximum Gasteiger partial charge on any atom is 0.255 e. The van der Waals surface area contributed by atoms with Gasteiger partial charge in [0.25, 0.3) is 5.91 Å². The van der Waals surface area contributed by atoms with Gasteiger partial charge >= 0.3 is 0 Å². The van der Waals surface area contributed by atoms with Crippen LogP contribution in [0.3, 0.4) is 0 Å². The van der Waals surface area contributed by atoms with E-state index in [1.54, 1.807) is 23.8 Å². The van der Waals surface area contributed by atoms with Crippen LogP contribution < -0.4 is 5.32 Å². The van der Waals surface area contributed by atoms with Gasteiger partial charge in [-0.3, -0.25) is 4.79 Å². The summed E-state index contributed by atoms with van der Waals surface area (Å²) in [6.45, 7) is 7.24. The number of aliphatic imine (C=N–C) groups is 1. The number of hydrogen-bond acceptors (Lipinski definition) is 5. The summed E-state index contributed by atoms with van der Waals surface area (Å²) in [7, 11) is 0. The molecule has 7 heteroatoms. The summed E-state index contributed by atoms with van der Waals surface area (Å²) in [5, 5.41) is 3.75. The largest absolute Gasteiger partial charge is 0.467 e. The SMILES string of the molecule is CC(C)(C)[C@@H]1CCc2c(sc(N=Cc3ccc(-c4ccc(Br)cc4)o3)c2C(=O)NCc2ccco2)C1. The van der Waals surface area contributed by atoms with Crippen molar-refractivity contribution >= 4 is 44.4 Å². The van der Waals surface area contributed by atoms with Gasteiger partial charge in [-0.25, -0.2) is 4.99 Å². The van der Waals surface area contributed by atoms with Crippen molar-refractivity contribution in [1.82, 2.24) is 5.32 Å². The van der Waals surface area contributed by atoms with Gasteiger partial charge in [0.2, 0.25) is 0 Å². The van der Waals surface area contributed by atoms with E-state index in [1.807, 2.05) is 48.5 Å². The van der Waals surface area contributed by atoms with E-state index in [0.29, 0.717) is 23.8 Å². The second-order valence-electron chi connectivity index (χ2n) is 10.2. The number of carbonyl (C=O) groups excluding carboxylic acids is 1. The van der Waals surface area contributed by atoms with E-state index >= 15 is 0 Å². The molecule has 1 aliphatic rings. The van der Waals surface area contributed by atoms with Crippen LogP contribution >= 0.6 is 27.3 Å². The third-order valence-corrected chi connectivity index (χ3v) is 8.46. The fraction of sp³-hybridized carbons (Fsp3) is 0.310. The molecular formula is C29H29BrN2O3S. The number of nitrogens with one attached hydrogen (secondary N) is 1. The lowest BCUT2D eigenvalue weighted by atomic mass is 9.72. The molecule has 0 saturated heterocycles. The first kappa shape index (κ1) is 24.8. The van der Waals surface area contributed by atoms with E-state index in [1.165, 1.54) is 4.88 Å². The van der Waals surface area contributed by atoms with Gasteiger partial charge in [-0.2, -0.15) is 0 Å². The van der Waals surface area contributed by atoms with Crippen molar-refractivity contribution < 1.29 is 13.6 Å². The smallest absolute Gasteiger partial charge is 0.255 e. The minimum atomic E-state index is -0.111. The average molecular weight is 566 g/mol. The van der Waals surface area contributed by atoms with E-state index in [0.717, 1.165) is 51.4 Å². The number of fused-ring (bicyclic) bond motifs is 1. The van der Waals surface area contributed by atoms with Crippen LogP contribution in [0, 0.1) is 11.3 Å². The maximum absolute atomic E-state index is 13.4. The number of benzene rings is 1. The number of thiophene rings is 1. The standard InChI is InChI=1S/C29H29BrN2O3S/c1-29(2,3)19-8-12-23-25(15-19)36-28(26(23)27(33)31-16-21-5-4-14-34-21)32-17-22-11-13-24(35-22)18-6-9-20(30)10-7-18/h4-7,9-11,13-14,17,19H,8,12,15-16H2,1-3H3,(H,31,33)/t19-/m1/s1. The highest BCUT2D eigenvalue weighted by atomic mass is 79.9. The lowest BCUT2D eigenvalue weighted by molar-refractivity contribution is 0.0947. The van der Waals surface area contributed by atoms with Crippen molar-refractivity contribution in [3.8, 4) is 11.3 Å². The Kier molecular flexibility index (Phi) is 7.04. The first-order valence-electron chi connectivity index (χ1n) is 12.1. The predicted octanol–water partition coefficient (Wildman–Crippen LogP) is 8.20. The second kappa shape index (κ2) is 10.2. The van der Waals surface area contributed by atoms with Gasteiger partial charge in [0.05, 0.1) is 24.6 Å². The Bertz CT molecular complexity index is 1380. The average Bonchev–Trinajstić information content (AvgIpc) is 3.60. The van der Waals surface area contributed by atoms with Gasteiger partial charge in [-0.05, 0) is 72.6 Å². The molecule has 0 spiro atoms. The van der Waals surface area contributed by atoms with Crippen molar-refractivity contribution in [2.24, 2.45) is 16.3 Å². The van der Waals surface area contributed by atoms with E-state index in [9.17, 15) is 4.79 Å². The number of rotatable bonds is 6. The predicted molar refractivity (Wildman–Crippen MR) is 148 cm³/mol. The molecule has 0 fully saturated rings. The first-order chi connectivity index (χ1) is 17.3. The number of amides is 1. The number of carbonyl (C=O) groups is 1. The van der Waals surface area contributed by atoms with Crippen LogP contribution in [0.15, 0.2) is 73.1 Å². The van der Waals surface area contributed by atoms with E-state index in [4.69, 9.17) is 13.8 Å². The van der Waals surface area contributed by atoms with Gasteiger partial charge in [0.1, 0.15) is 22.3 Å². The monoisotopic (exact) mass is 564 g/mol. The molecule has 0 aliphatic heterocycles. The van der Waals surface area contributed by atoms with Crippen LogP contribution in [0.4, 0.5) is 5.00 Å². The molecule has 1 N–H and O–H groups in total. The van der Waals surface area contributed by atoms with Crippen LogP contribution in [0.25, 0.3) is 11.3 Å². The van der Waals surface area contributed by atoms with Gasteiger partial charge in [-0.15, -0.1) is 11.3 Å². The Hall–Kier alpha value is -2.90. The maximum atomic E-state index is 13.4. The molecular weight excluding hydrogens is 536 g/mol. The minimum absolute atomic E-state index is 0.111. The molecule has 1 atom stereocenters. The lowest BCUT2D eigenvalue weighted by Crippen LogP contribution is -2.28. The summed E-state index contributed by atoms with van der Waals surface area (Å²) < 4.78 is 12.4. The van der Waals surface area contributed by atoms with Gasteiger partial charge in [-0.1, -0.05) is 48.8 Å². The zero-order chi connectivity index (χ0) is 25.3. The zero-order valence-electron chi connectivity index (χ0n) is 20.6. The molecule has 0 saturated carbocycles. The van der Waals surface area contributed by atoms with Crippen molar-refractivity contribution in [3.63, 3.8) is 0 Å². The zero-order valence-corrected chi connectivity index (χ0v) is 23.0. The van der Waals surface area contributed by atoms with Crippen molar-refractivity contribution in [2.45, 2.75) is 46.6 Å². The summed E-state index contributed by atoms with van der Waals surface area (Å²) >= 11 is 5.09. The summed E-state index contributed by atoms with van der Waals surface area (Å²) in [5.74, 6) is 2.62. The second-order valence-corrected chi connectivity index (χ2v) is 12.2. The molecule has 1 aromatic carbocycles. The molecule has 5 rings (SSSR count). The highest BCUT2D eigenvalue weighted by Gasteiger charge is 2.33. The Morgan fingerprint density at radius 2 is 2.00 bits per heavy atom. The van der Waals surface area contributed by atoms with Gasteiger partial charge < -0.3 is 14.2 Å². The molecule has 186 valence electrons. The normalized spacial score (nSPS) is 15.8. The minimum Gasteiger partial charge on any atom is -0.467 e. The van der Waals surface area contributed by atoms with Crippen LogP contribution in [-0.4, -0.2) is 12.1 Å². The number of nitrogens with zero attached hydrogens (tertiary/aromatic N) is 1. The fourth-order valence-corrected chi connectivity index (χ4v) is 6.15. The molecule has 1 aliphatic carbocycles. The van der Waals surface area contributed by atoms with Crippen LogP contribution in [0.5, 0.6) is 0 Å². The topological polar surface area (TPSA) is 67.7 Å². The summed E-state index contributed by atoms with van der Waals surface area (Å²) in [5.41, 5.74) is 3.05. The van der Waals surface area contributed by atoms with E-state index in [2.05, 4.69) is 42.0 Å². The third-order valence-electron chi connectivity index (χ3n) is 6.77. The molecule has 4 aromatic rings. The van der Waals surface area contributed by atoms with Gasteiger partial charge in [0, 0.05) is 14.9 Å². The fourth-order valence-electron chi connectivity index (χ4n) is 4.62. The molecule has 3 heterocycles. The number of hydrogen-bond donors (Lipinski definition) is 1. The van der Waals surface area contributed by atoms with Gasteiger partial charge in [0.15, 0.2) is 0 Å². The third kappa shape index (κ3) is 5.42. The molecule has 3 aromatic heterocycles. The highest BCUT2D eigenvalue weighted by Crippen LogP contribution is 2.45. The molecule has 0 radical (unpaired) electrons. The Balaban J connectivity index is 1.42. The molecule has 0 bridgehead atoms. The van der Waals surface area contributed by atoms with Crippen molar-refractivity contribution in [1.29, 1.82) is 0 Å². The van der Waals surface area contributed by atoms with Crippen molar-refractivity contribution in [2.75, 3.05) is 0 Å². The lowest BCUT2D eigenvalue weighted by Gasteiger charge is -2.33. The first-order valence-corrected chi connectivity index (χ1v) is 13.7. The molecule has 0 unspecified atom stereocenters. The molecule has 36 heavy (non-hydrogen) atoms. The van der Waals surface area contributed by atoms with Crippen LogP contribution in [-0.2, 0) is 19.4 Å². The van der Waals surface area contributed by atoms with E-state index in [-0.39, 0.29) is 11.3 Å². The number of furan rings is 2. The molecule has 5 nitrogen and oxygen atoms in total. The van der Waals surface area contributed by atoms with Crippen LogP contribution in [0.1, 0.15) is 59.5 Å². The summed E-state index contributed by atoms with van der Waals surface area (Å²) in [6.07, 6.45) is 6.27. The van der Waals surface area contributed by atoms with E-state index < -0.39 is 0 Å². The van der Waals surface area contributed by atoms with Crippen LogP contribution in [0.2, 0.25) is 0 Å². The quantitative estimate of drug-likeness (QED) is 0.240. The summed E-state index contributed by atoms with van der Waals surface area (Å²) in [6, 6.07) is 15.5. The summed E-state index contributed by atoms with van der Waals surface area (Å²) in [4.78, 5) is 19.4. The highest BCUT2D eigenvalue weighted by molar-refractivity contribution is 9.10.